The van der Waals surface area contributed by atoms with Gasteiger partial charge in [-0.05, 0) is 77.0 Å². The lowest BCUT2D eigenvalue weighted by atomic mass is 10.0. The van der Waals surface area contributed by atoms with E-state index in [1.807, 2.05) is 0 Å². The first-order chi connectivity index (χ1) is 33.5. The molecule has 0 aromatic heterocycles. The third kappa shape index (κ3) is 54.1. The summed E-state index contributed by atoms with van der Waals surface area (Å²) in [5, 5.41) is 0. The molecule has 0 aliphatic rings. The molecule has 68 heavy (non-hydrogen) atoms. The van der Waals surface area contributed by atoms with Crippen LogP contribution in [0.2, 0.25) is 0 Å². The molecule has 0 spiro atoms. The Morgan fingerprint density at radius 2 is 0.588 bits per heavy atom. The van der Waals surface area contributed by atoms with Crippen LogP contribution in [0.3, 0.4) is 0 Å². The summed E-state index contributed by atoms with van der Waals surface area (Å²) in [7, 11) is 0. The molecule has 0 aliphatic heterocycles. The molecule has 0 bridgehead atoms. The van der Waals surface area contributed by atoms with E-state index in [9.17, 15) is 14.4 Å². The second-order valence-electron chi connectivity index (χ2n) is 19.6. The molecular weight excluding hydrogens is 841 g/mol. The highest BCUT2D eigenvalue weighted by molar-refractivity contribution is 5.71. The van der Waals surface area contributed by atoms with Crippen LogP contribution in [0.4, 0.5) is 0 Å². The maximum absolute atomic E-state index is 12.8. The Balaban J connectivity index is 4.46. The number of carbonyl (C=O) groups excluding carboxylic acids is 3. The van der Waals surface area contributed by atoms with Gasteiger partial charge in [-0.25, -0.2) is 0 Å². The van der Waals surface area contributed by atoms with Gasteiger partial charge >= 0.3 is 17.9 Å². The Morgan fingerprint density at radius 1 is 0.309 bits per heavy atom. The molecule has 0 aromatic rings. The van der Waals surface area contributed by atoms with E-state index in [2.05, 4.69) is 81.5 Å². The lowest BCUT2D eigenvalue weighted by Gasteiger charge is -2.18. The van der Waals surface area contributed by atoms with Crippen LogP contribution in [0.1, 0.15) is 297 Å². The van der Waals surface area contributed by atoms with Gasteiger partial charge < -0.3 is 14.2 Å². The summed E-state index contributed by atoms with van der Waals surface area (Å²) >= 11 is 0. The molecule has 0 aromatic carbocycles. The van der Waals surface area contributed by atoms with E-state index >= 15 is 0 Å². The van der Waals surface area contributed by atoms with Gasteiger partial charge in [-0.15, -0.1) is 0 Å². The summed E-state index contributed by atoms with van der Waals surface area (Å²) in [5.41, 5.74) is 0. The summed E-state index contributed by atoms with van der Waals surface area (Å²) in [5.74, 6) is -0.953. The van der Waals surface area contributed by atoms with Crippen molar-refractivity contribution in [1.29, 1.82) is 0 Å². The largest absolute Gasteiger partial charge is 0.462 e. The fraction of sp³-hybridized carbons (Fsp3) is 0.790. The van der Waals surface area contributed by atoms with Crippen molar-refractivity contribution in [1.82, 2.24) is 0 Å². The van der Waals surface area contributed by atoms with E-state index in [1.165, 1.54) is 173 Å². The van der Waals surface area contributed by atoms with Crippen LogP contribution >= 0.6 is 0 Å². The summed E-state index contributed by atoms with van der Waals surface area (Å²) in [6, 6.07) is 0. The van der Waals surface area contributed by atoms with E-state index in [4.69, 9.17) is 14.2 Å². The zero-order valence-corrected chi connectivity index (χ0v) is 45.1. The molecule has 0 rings (SSSR count). The first-order valence-corrected chi connectivity index (χ1v) is 29.3. The zero-order chi connectivity index (χ0) is 49.3. The number of ether oxygens (including phenoxy) is 3. The quantitative estimate of drug-likeness (QED) is 0.0199. The maximum Gasteiger partial charge on any atom is 0.306 e. The number of hydrogen-bond acceptors (Lipinski definition) is 6. The van der Waals surface area contributed by atoms with Crippen molar-refractivity contribution in [3.8, 4) is 0 Å². The van der Waals surface area contributed by atoms with Crippen molar-refractivity contribution in [2.75, 3.05) is 13.2 Å². The predicted molar refractivity (Wildman–Crippen MR) is 293 cm³/mol. The Labute approximate surface area is 421 Å². The lowest BCUT2D eigenvalue weighted by molar-refractivity contribution is -0.167. The van der Waals surface area contributed by atoms with Crippen molar-refractivity contribution < 1.29 is 28.6 Å². The van der Waals surface area contributed by atoms with Crippen molar-refractivity contribution in [2.24, 2.45) is 0 Å². The molecule has 6 heteroatoms. The maximum atomic E-state index is 12.8. The molecule has 0 radical (unpaired) electrons. The van der Waals surface area contributed by atoms with Crippen LogP contribution in [-0.2, 0) is 28.6 Å². The van der Waals surface area contributed by atoms with Crippen LogP contribution in [0.5, 0.6) is 0 Å². The van der Waals surface area contributed by atoms with Crippen LogP contribution < -0.4 is 0 Å². The van der Waals surface area contributed by atoms with Crippen LogP contribution in [0.15, 0.2) is 60.8 Å². The van der Waals surface area contributed by atoms with Gasteiger partial charge in [0.15, 0.2) is 6.10 Å². The Bertz CT molecular complexity index is 1230. The Hall–Kier alpha value is -2.89. The summed E-state index contributed by atoms with van der Waals surface area (Å²) < 4.78 is 16.8. The Morgan fingerprint density at radius 3 is 0.956 bits per heavy atom. The highest BCUT2D eigenvalue weighted by Gasteiger charge is 2.19. The van der Waals surface area contributed by atoms with Gasteiger partial charge in [-0.3, -0.25) is 14.4 Å². The van der Waals surface area contributed by atoms with E-state index in [0.29, 0.717) is 19.3 Å². The smallest absolute Gasteiger partial charge is 0.306 e. The van der Waals surface area contributed by atoms with E-state index < -0.39 is 6.10 Å². The molecule has 0 saturated carbocycles. The zero-order valence-electron chi connectivity index (χ0n) is 45.1. The first kappa shape index (κ1) is 65.1. The number of hydrogen-bond donors (Lipinski definition) is 0. The van der Waals surface area contributed by atoms with Gasteiger partial charge in [-0.1, -0.05) is 261 Å². The minimum atomic E-state index is -0.805. The summed E-state index contributed by atoms with van der Waals surface area (Å²) in [6.45, 7) is 6.60. The van der Waals surface area contributed by atoms with Gasteiger partial charge in [0, 0.05) is 19.3 Å². The Kier molecular flexibility index (Phi) is 54.3. The second-order valence-corrected chi connectivity index (χ2v) is 19.6. The molecule has 1 atom stereocenters. The van der Waals surface area contributed by atoms with Gasteiger partial charge in [0.1, 0.15) is 13.2 Å². The third-order valence-electron chi connectivity index (χ3n) is 12.8. The van der Waals surface area contributed by atoms with E-state index in [1.54, 1.807) is 0 Å². The lowest BCUT2D eigenvalue weighted by Crippen LogP contribution is -2.30. The highest BCUT2D eigenvalue weighted by atomic mass is 16.6. The number of unbranched alkanes of at least 4 members (excludes halogenated alkanes) is 33. The topological polar surface area (TPSA) is 78.9 Å². The number of rotatable bonds is 53. The van der Waals surface area contributed by atoms with Gasteiger partial charge in [-0.2, -0.15) is 0 Å². The second kappa shape index (κ2) is 56.7. The minimum absolute atomic E-state index is 0.0967. The molecule has 0 N–H and O–H groups in total. The van der Waals surface area contributed by atoms with Crippen molar-refractivity contribution >= 4 is 17.9 Å². The fourth-order valence-corrected chi connectivity index (χ4v) is 8.33. The molecule has 0 saturated heterocycles. The molecule has 0 amide bonds. The summed E-state index contributed by atoms with van der Waals surface area (Å²) in [4.78, 5) is 38.1. The fourth-order valence-electron chi connectivity index (χ4n) is 8.33. The van der Waals surface area contributed by atoms with Crippen LogP contribution in [0, 0.1) is 0 Å². The molecule has 394 valence electrons. The SMILES string of the molecule is CCCCCCCC/C=C\C/C=C\C/C=C\CCCC(=O)OC(COC(=O)CCCCCCC/C=C\C=C/CCCCCCCCC)COC(=O)CCCCCCCCCCCCCCCCC. The molecule has 0 aliphatic carbocycles. The van der Waals surface area contributed by atoms with Gasteiger partial charge in [0.05, 0.1) is 0 Å². The van der Waals surface area contributed by atoms with Crippen molar-refractivity contribution in [3.05, 3.63) is 60.8 Å². The minimum Gasteiger partial charge on any atom is -0.462 e. The van der Waals surface area contributed by atoms with Crippen molar-refractivity contribution in [2.45, 2.75) is 303 Å². The monoisotopic (exact) mass is 951 g/mol. The van der Waals surface area contributed by atoms with E-state index in [0.717, 1.165) is 77.0 Å². The standard InChI is InChI=1S/C62H110O6/c1-4-7-10-13-16-19-22-25-28-30-32-34-37-40-43-46-49-52-55-61(64)67-58-59(57-66-60(63)54-51-48-45-42-39-36-33-27-24-21-18-15-12-9-6-3)68-62(65)56-53-50-47-44-41-38-35-31-29-26-23-20-17-14-11-8-5-2/h26,28-30,32,34-35,38,44,47,59H,4-25,27,31,33,36-37,39-43,45-46,48-58H2,1-3H3/b29-26-,30-28-,34-32-,38-35-,47-44-. The number of allylic oxidation sites excluding steroid dienone is 10. The average molecular weight is 952 g/mol. The molecule has 1 unspecified atom stereocenters. The predicted octanol–water partition coefficient (Wildman–Crippen LogP) is 19.6. The molecular formula is C62H110O6. The van der Waals surface area contributed by atoms with Gasteiger partial charge in [0.25, 0.3) is 0 Å². The first-order valence-electron chi connectivity index (χ1n) is 29.3. The number of carbonyl (C=O) groups is 3. The summed E-state index contributed by atoms with van der Waals surface area (Å²) in [6.07, 6.45) is 70.7. The average Bonchev–Trinajstić information content (AvgIpc) is 3.34. The molecule has 0 fully saturated rings. The number of esters is 3. The molecule has 0 heterocycles. The van der Waals surface area contributed by atoms with Crippen molar-refractivity contribution in [3.63, 3.8) is 0 Å². The van der Waals surface area contributed by atoms with Crippen LogP contribution in [0.25, 0.3) is 0 Å². The van der Waals surface area contributed by atoms with Crippen LogP contribution in [-0.4, -0.2) is 37.2 Å². The molecule has 6 nitrogen and oxygen atoms in total. The van der Waals surface area contributed by atoms with E-state index in [-0.39, 0.29) is 37.5 Å². The normalized spacial score (nSPS) is 12.5. The van der Waals surface area contributed by atoms with Gasteiger partial charge in [0.2, 0.25) is 0 Å². The third-order valence-corrected chi connectivity index (χ3v) is 12.8. The highest BCUT2D eigenvalue weighted by Crippen LogP contribution is 2.16.